The summed E-state index contributed by atoms with van der Waals surface area (Å²) in [5.74, 6) is 4.22. The molecule has 0 bridgehead atoms. The van der Waals surface area contributed by atoms with Crippen molar-refractivity contribution in [2.75, 3.05) is 5.73 Å². The van der Waals surface area contributed by atoms with E-state index in [9.17, 15) is 4.79 Å². The molecule has 4 heteroatoms. The van der Waals surface area contributed by atoms with Gasteiger partial charge in [0.15, 0.2) is 0 Å². The van der Waals surface area contributed by atoms with Crippen LogP contribution in [0.25, 0.3) is 0 Å². The number of benzene rings is 1. The third kappa shape index (κ3) is 2.25. The molecule has 0 heterocycles. The van der Waals surface area contributed by atoms with Gasteiger partial charge in [-0.1, -0.05) is 12.1 Å². The van der Waals surface area contributed by atoms with Crippen LogP contribution in [0.15, 0.2) is 24.3 Å². The zero-order chi connectivity index (χ0) is 8.97. The molecule has 0 unspecified atom stereocenters. The van der Waals surface area contributed by atoms with E-state index >= 15 is 0 Å². The number of hydrogen-bond donors (Lipinski definition) is 2. The summed E-state index contributed by atoms with van der Waals surface area (Å²) in [6.07, 6.45) is 0.177. The highest BCUT2D eigenvalue weighted by atomic mass is 16.7. The first kappa shape index (κ1) is 8.55. The van der Waals surface area contributed by atoms with Gasteiger partial charge in [-0.15, -0.1) is 0 Å². The minimum atomic E-state index is -0.459. The molecule has 0 spiro atoms. The van der Waals surface area contributed by atoms with Crippen molar-refractivity contribution in [2.45, 2.75) is 6.42 Å². The van der Waals surface area contributed by atoms with Crippen molar-refractivity contribution >= 4 is 11.7 Å². The third-order valence-corrected chi connectivity index (χ3v) is 1.46. The summed E-state index contributed by atoms with van der Waals surface area (Å²) < 4.78 is 0. The number of hydrogen-bond acceptors (Lipinski definition) is 4. The Labute approximate surface area is 70.1 Å². The molecule has 0 aliphatic rings. The van der Waals surface area contributed by atoms with Crippen LogP contribution in [0.2, 0.25) is 0 Å². The van der Waals surface area contributed by atoms with E-state index < -0.39 is 5.97 Å². The van der Waals surface area contributed by atoms with Gasteiger partial charge < -0.3 is 10.6 Å². The van der Waals surface area contributed by atoms with Gasteiger partial charge in [0.05, 0.1) is 6.42 Å². The van der Waals surface area contributed by atoms with Gasteiger partial charge in [-0.25, -0.2) is 0 Å². The second-order valence-corrected chi connectivity index (χ2v) is 2.41. The number of carbonyl (C=O) groups excluding carboxylic acids is 1. The first-order chi connectivity index (χ1) is 5.72. The highest BCUT2D eigenvalue weighted by molar-refractivity contribution is 5.72. The van der Waals surface area contributed by atoms with Gasteiger partial charge >= 0.3 is 5.97 Å². The molecule has 0 radical (unpaired) electrons. The topological polar surface area (TPSA) is 78.3 Å². The van der Waals surface area contributed by atoms with Gasteiger partial charge in [-0.2, -0.15) is 5.90 Å². The fourth-order valence-electron chi connectivity index (χ4n) is 0.844. The lowest BCUT2D eigenvalue weighted by Crippen LogP contribution is -2.12. The first-order valence-electron chi connectivity index (χ1n) is 3.46. The largest absolute Gasteiger partial charge is 0.399 e. The zero-order valence-electron chi connectivity index (χ0n) is 6.49. The maximum atomic E-state index is 10.7. The molecule has 0 saturated heterocycles. The summed E-state index contributed by atoms with van der Waals surface area (Å²) in [6, 6.07) is 6.96. The third-order valence-electron chi connectivity index (χ3n) is 1.46. The summed E-state index contributed by atoms with van der Waals surface area (Å²) in [6.45, 7) is 0. The molecule has 0 aliphatic heterocycles. The van der Waals surface area contributed by atoms with Gasteiger partial charge in [0.2, 0.25) is 0 Å². The zero-order valence-corrected chi connectivity index (χ0v) is 6.49. The lowest BCUT2D eigenvalue weighted by molar-refractivity contribution is -0.143. The molecule has 0 fully saturated rings. The van der Waals surface area contributed by atoms with Crippen molar-refractivity contribution in [3.63, 3.8) is 0 Å². The van der Waals surface area contributed by atoms with Crippen LogP contribution in [-0.4, -0.2) is 5.97 Å². The number of nitrogen functional groups attached to an aromatic ring is 1. The normalized spacial score (nSPS) is 9.42. The molecule has 0 amide bonds. The smallest absolute Gasteiger partial charge is 0.328 e. The summed E-state index contributed by atoms with van der Waals surface area (Å²) in [7, 11) is 0. The molecule has 4 N–H and O–H groups in total. The Morgan fingerprint density at radius 1 is 1.33 bits per heavy atom. The van der Waals surface area contributed by atoms with Gasteiger partial charge in [-0.3, -0.25) is 4.79 Å². The fourth-order valence-corrected chi connectivity index (χ4v) is 0.844. The Hall–Kier alpha value is -1.55. The van der Waals surface area contributed by atoms with Crippen LogP contribution in [0.1, 0.15) is 5.56 Å². The van der Waals surface area contributed by atoms with E-state index in [-0.39, 0.29) is 6.42 Å². The minimum absolute atomic E-state index is 0.177. The molecule has 0 aromatic heterocycles. The second kappa shape index (κ2) is 3.73. The monoisotopic (exact) mass is 166 g/mol. The van der Waals surface area contributed by atoms with Crippen LogP contribution < -0.4 is 11.6 Å². The summed E-state index contributed by atoms with van der Waals surface area (Å²) in [5.41, 5.74) is 6.95. The van der Waals surface area contributed by atoms with E-state index in [0.717, 1.165) is 5.56 Å². The summed E-state index contributed by atoms with van der Waals surface area (Å²) >= 11 is 0. The maximum Gasteiger partial charge on any atom is 0.328 e. The summed E-state index contributed by atoms with van der Waals surface area (Å²) in [5, 5.41) is 0. The average Bonchev–Trinajstić information content (AvgIpc) is 2.09. The van der Waals surface area contributed by atoms with E-state index in [2.05, 4.69) is 10.7 Å². The Kier molecular flexibility index (Phi) is 2.66. The average molecular weight is 166 g/mol. The number of rotatable bonds is 2. The predicted molar refractivity (Wildman–Crippen MR) is 44.8 cm³/mol. The molecular weight excluding hydrogens is 156 g/mol. The Morgan fingerprint density at radius 2 is 1.92 bits per heavy atom. The molecule has 1 aromatic rings. The Balaban J connectivity index is 2.64. The van der Waals surface area contributed by atoms with Gasteiger partial charge in [0, 0.05) is 5.69 Å². The minimum Gasteiger partial charge on any atom is -0.399 e. The number of anilines is 1. The molecule has 64 valence electrons. The van der Waals surface area contributed by atoms with Gasteiger partial charge in [0.25, 0.3) is 0 Å². The highest BCUT2D eigenvalue weighted by Gasteiger charge is 2.01. The quantitative estimate of drug-likeness (QED) is 0.487. The maximum absolute atomic E-state index is 10.7. The van der Waals surface area contributed by atoms with Crippen molar-refractivity contribution < 1.29 is 9.63 Å². The first-order valence-corrected chi connectivity index (χ1v) is 3.46. The van der Waals surface area contributed by atoms with Crippen molar-refractivity contribution in [1.29, 1.82) is 0 Å². The lowest BCUT2D eigenvalue weighted by Gasteiger charge is -1.98. The molecule has 4 nitrogen and oxygen atoms in total. The van der Waals surface area contributed by atoms with Crippen molar-refractivity contribution in [3.05, 3.63) is 29.8 Å². The Morgan fingerprint density at radius 3 is 2.42 bits per heavy atom. The van der Waals surface area contributed by atoms with E-state index in [1.807, 2.05) is 0 Å². The molecular formula is C8H10N2O2. The van der Waals surface area contributed by atoms with Crippen LogP contribution >= 0.6 is 0 Å². The van der Waals surface area contributed by atoms with E-state index in [1.54, 1.807) is 24.3 Å². The van der Waals surface area contributed by atoms with Gasteiger partial charge in [-0.05, 0) is 17.7 Å². The lowest BCUT2D eigenvalue weighted by atomic mass is 10.1. The summed E-state index contributed by atoms with van der Waals surface area (Å²) in [4.78, 5) is 14.7. The van der Waals surface area contributed by atoms with Crippen molar-refractivity contribution in [3.8, 4) is 0 Å². The number of carbonyl (C=O) groups is 1. The Bertz CT molecular complexity index is 269. The number of nitrogens with two attached hydrogens (primary N) is 2. The van der Waals surface area contributed by atoms with Crippen molar-refractivity contribution in [2.24, 2.45) is 5.90 Å². The van der Waals surface area contributed by atoms with Gasteiger partial charge in [0.1, 0.15) is 0 Å². The second-order valence-electron chi connectivity index (χ2n) is 2.41. The highest BCUT2D eigenvalue weighted by Crippen LogP contribution is 2.05. The van der Waals surface area contributed by atoms with Crippen LogP contribution in [0.3, 0.4) is 0 Å². The van der Waals surface area contributed by atoms with Crippen LogP contribution in [-0.2, 0) is 16.1 Å². The van der Waals surface area contributed by atoms with Crippen LogP contribution in [0.4, 0.5) is 5.69 Å². The van der Waals surface area contributed by atoms with Crippen LogP contribution in [0, 0.1) is 0 Å². The van der Waals surface area contributed by atoms with E-state index in [0.29, 0.717) is 5.69 Å². The molecule has 0 aliphatic carbocycles. The molecule has 1 rings (SSSR count). The van der Waals surface area contributed by atoms with Crippen molar-refractivity contribution in [1.82, 2.24) is 0 Å². The molecule has 1 aromatic carbocycles. The van der Waals surface area contributed by atoms with E-state index in [1.165, 1.54) is 0 Å². The molecule has 0 saturated carbocycles. The predicted octanol–water partition coefficient (Wildman–Crippen LogP) is 0.228. The SMILES string of the molecule is NOC(=O)Cc1ccc(N)cc1. The van der Waals surface area contributed by atoms with E-state index in [4.69, 9.17) is 5.73 Å². The molecule has 0 atom stereocenters. The standard InChI is InChI=1S/C8H10N2O2/c9-7-3-1-6(2-4-7)5-8(11)12-10/h1-4H,5,9-10H2. The molecule has 12 heavy (non-hydrogen) atoms. The van der Waals surface area contributed by atoms with Crippen LogP contribution in [0.5, 0.6) is 0 Å². The fraction of sp³-hybridized carbons (Fsp3) is 0.125.